The van der Waals surface area contributed by atoms with Crippen molar-refractivity contribution in [3.8, 4) is 0 Å². The van der Waals surface area contributed by atoms with Crippen molar-refractivity contribution in [2.45, 2.75) is 32.2 Å². The number of ether oxygens (including phenoxy) is 1. The second kappa shape index (κ2) is 8.30. The molecule has 27 heavy (non-hydrogen) atoms. The second-order valence-corrected chi connectivity index (χ2v) is 6.86. The van der Waals surface area contributed by atoms with Crippen LogP contribution in [0.2, 0.25) is 0 Å². The van der Waals surface area contributed by atoms with Crippen LogP contribution in [0.3, 0.4) is 0 Å². The van der Waals surface area contributed by atoms with E-state index in [0.29, 0.717) is 32.6 Å². The summed E-state index contributed by atoms with van der Waals surface area (Å²) in [6.07, 6.45) is 1.16. The fourth-order valence-corrected chi connectivity index (χ4v) is 3.22. The summed E-state index contributed by atoms with van der Waals surface area (Å²) in [6.45, 7) is 1.05. The van der Waals surface area contributed by atoms with Crippen LogP contribution in [-0.2, 0) is 25.7 Å². The van der Waals surface area contributed by atoms with Gasteiger partial charge in [0.2, 0.25) is 5.91 Å². The standard InChI is InChI=1S/C19H23N3O5/c23-16-7-6-15(21-22(16)12-14-4-2-1-3-5-14)17(24)20-13-19(18(25)26)8-10-27-11-9-19/h1-5H,6-13H2,(H,20,24)(H,25,26). The summed E-state index contributed by atoms with van der Waals surface area (Å²) >= 11 is 0. The van der Waals surface area contributed by atoms with Gasteiger partial charge in [-0.15, -0.1) is 0 Å². The average molecular weight is 373 g/mol. The summed E-state index contributed by atoms with van der Waals surface area (Å²) in [5.41, 5.74) is 0.157. The van der Waals surface area contributed by atoms with Gasteiger partial charge in [0.1, 0.15) is 5.71 Å². The minimum absolute atomic E-state index is 0.0240. The lowest BCUT2D eigenvalue weighted by Gasteiger charge is -2.33. The Morgan fingerprint density at radius 3 is 2.56 bits per heavy atom. The number of hydrazone groups is 1. The topological polar surface area (TPSA) is 108 Å². The molecule has 0 bridgehead atoms. The molecule has 0 aliphatic carbocycles. The van der Waals surface area contributed by atoms with Gasteiger partial charge in [0, 0.05) is 32.6 Å². The number of hydrogen-bond donors (Lipinski definition) is 2. The third-order valence-corrected chi connectivity index (χ3v) is 5.03. The van der Waals surface area contributed by atoms with E-state index in [1.165, 1.54) is 5.01 Å². The molecule has 8 heteroatoms. The van der Waals surface area contributed by atoms with Gasteiger partial charge in [-0.05, 0) is 18.4 Å². The van der Waals surface area contributed by atoms with Crippen LogP contribution in [-0.4, -0.2) is 53.4 Å². The molecule has 0 saturated carbocycles. The molecule has 1 fully saturated rings. The Morgan fingerprint density at radius 1 is 1.19 bits per heavy atom. The lowest BCUT2D eigenvalue weighted by molar-refractivity contribution is -0.154. The van der Waals surface area contributed by atoms with Crippen LogP contribution >= 0.6 is 0 Å². The van der Waals surface area contributed by atoms with Crippen LogP contribution in [0.1, 0.15) is 31.2 Å². The summed E-state index contributed by atoms with van der Waals surface area (Å²) < 4.78 is 5.24. The second-order valence-electron chi connectivity index (χ2n) is 6.86. The SMILES string of the molecule is O=C(NCC1(C(=O)O)CCOCC1)C1=NN(Cc2ccccc2)C(=O)CC1. The smallest absolute Gasteiger partial charge is 0.311 e. The van der Waals surface area contributed by atoms with E-state index < -0.39 is 17.3 Å². The van der Waals surface area contributed by atoms with Crippen LogP contribution in [0.5, 0.6) is 0 Å². The zero-order valence-electron chi connectivity index (χ0n) is 15.0. The van der Waals surface area contributed by atoms with Crippen LogP contribution in [0, 0.1) is 5.41 Å². The molecule has 144 valence electrons. The number of aliphatic carboxylic acids is 1. The third-order valence-electron chi connectivity index (χ3n) is 5.03. The van der Waals surface area contributed by atoms with Crippen molar-refractivity contribution >= 4 is 23.5 Å². The molecule has 0 atom stereocenters. The van der Waals surface area contributed by atoms with Crippen molar-refractivity contribution in [1.29, 1.82) is 0 Å². The number of carbonyl (C=O) groups excluding carboxylic acids is 2. The van der Waals surface area contributed by atoms with E-state index in [-0.39, 0.29) is 31.0 Å². The van der Waals surface area contributed by atoms with Crippen molar-refractivity contribution in [3.63, 3.8) is 0 Å². The molecule has 1 aromatic carbocycles. The van der Waals surface area contributed by atoms with Crippen LogP contribution < -0.4 is 5.32 Å². The molecule has 2 aliphatic heterocycles. The Hall–Kier alpha value is -2.74. The number of carboxylic acids is 1. The predicted molar refractivity (Wildman–Crippen MR) is 96.8 cm³/mol. The highest BCUT2D eigenvalue weighted by atomic mass is 16.5. The summed E-state index contributed by atoms with van der Waals surface area (Å²) in [4.78, 5) is 36.3. The predicted octanol–water partition coefficient (Wildman–Crippen LogP) is 1.16. The van der Waals surface area contributed by atoms with Gasteiger partial charge < -0.3 is 15.2 Å². The fraction of sp³-hybridized carbons (Fsp3) is 0.474. The highest BCUT2D eigenvalue weighted by Crippen LogP contribution is 2.30. The molecule has 0 aromatic heterocycles. The zero-order chi connectivity index (χ0) is 19.3. The van der Waals surface area contributed by atoms with E-state index in [1.54, 1.807) is 0 Å². The normalized spacial score (nSPS) is 19.3. The first-order valence-corrected chi connectivity index (χ1v) is 9.01. The minimum Gasteiger partial charge on any atom is -0.481 e. The number of nitrogens with zero attached hydrogens (tertiary/aromatic N) is 2. The quantitative estimate of drug-likeness (QED) is 0.778. The molecule has 2 aliphatic rings. The van der Waals surface area contributed by atoms with E-state index in [9.17, 15) is 19.5 Å². The van der Waals surface area contributed by atoms with Gasteiger partial charge in [0.15, 0.2) is 0 Å². The van der Waals surface area contributed by atoms with Crippen molar-refractivity contribution in [2.75, 3.05) is 19.8 Å². The maximum Gasteiger partial charge on any atom is 0.311 e. The summed E-state index contributed by atoms with van der Waals surface area (Å²) in [7, 11) is 0. The number of nitrogens with one attached hydrogen (secondary N) is 1. The molecule has 2 heterocycles. The van der Waals surface area contributed by atoms with Crippen molar-refractivity contribution in [3.05, 3.63) is 35.9 Å². The maximum atomic E-state index is 12.5. The zero-order valence-corrected chi connectivity index (χ0v) is 15.0. The monoisotopic (exact) mass is 373 g/mol. The molecular formula is C19H23N3O5. The van der Waals surface area contributed by atoms with Crippen LogP contribution in [0.25, 0.3) is 0 Å². The van der Waals surface area contributed by atoms with Gasteiger partial charge in [-0.25, -0.2) is 5.01 Å². The lowest BCUT2D eigenvalue weighted by atomic mass is 9.80. The first-order chi connectivity index (χ1) is 13.0. The van der Waals surface area contributed by atoms with E-state index in [0.717, 1.165) is 5.56 Å². The molecule has 3 rings (SSSR count). The Labute approximate surface area is 157 Å². The summed E-state index contributed by atoms with van der Waals surface area (Å²) in [6, 6.07) is 9.41. The molecule has 1 aromatic rings. The molecule has 0 spiro atoms. The first kappa shape index (κ1) is 19.0. The minimum atomic E-state index is -1.01. The number of carboxylic acid groups (broad SMARTS) is 1. The van der Waals surface area contributed by atoms with Crippen molar-refractivity contribution in [2.24, 2.45) is 10.5 Å². The first-order valence-electron chi connectivity index (χ1n) is 9.01. The number of hydrogen-bond acceptors (Lipinski definition) is 5. The lowest BCUT2D eigenvalue weighted by Crippen LogP contribution is -2.48. The van der Waals surface area contributed by atoms with Crippen molar-refractivity contribution < 1.29 is 24.2 Å². The Morgan fingerprint density at radius 2 is 1.89 bits per heavy atom. The van der Waals surface area contributed by atoms with Gasteiger partial charge in [-0.2, -0.15) is 5.10 Å². The van der Waals surface area contributed by atoms with Gasteiger partial charge in [0.05, 0.1) is 12.0 Å². The molecular weight excluding hydrogens is 350 g/mol. The Bertz CT molecular complexity index is 741. The largest absolute Gasteiger partial charge is 0.481 e. The maximum absolute atomic E-state index is 12.5. The molecule has 2 N–H and O–H groups in total. The van der Waals surface area contributed by atoms with Gasteiger partial charge in [-0.1, -0.05) is 30.3 Å². The summed E-state index contributed by atoms with van der Waals surface area (Å²) in [5, 5.41) is 17.8. The highest BCUT2D eigenvalue weighted by Gasteiger charge is 2.40. The Balaban J connectivity index is 1.65. The van der Waals surface area contributed by atoms with E-state index >= 15 is 0 Å². The number of amides is 2. The van der Waals surface area contributed by atoms with Crippen LogP contribution in [0.4, 0.5) is 0 Å². The third kappa shape index (κ3) is 4.51. The highest BCUT2D eigenvalue weighted by molar-refractivity contribution is 6.39. The van der Waals surface area contributed by atoms with E-state index in [4.69, 9.17) is 4.74 Å². The molecule has 1 saturated heterocycles. The average Bonchev–Trinajstić information content (AvgIpc) is 2.69. The van der Waals surface area contributed by atoms with Gasteiger partial charge >= 0.3 is 5.97 Å². The number of carbonyl (C=O) groups is 3. The Kier molecular flexibility index (Phi) is 5.85. The molecule has 0 unspecified atom stereocenters. The summed E-state index contributed by atoms with van der Waals surface area (Å²) in [5.74, 6) is -1.49. The molecule has 0 radical (unpaired) electrons. The fourth-order valence-electron chi connectivity index (χ4n) is 3.22. The van der Waals surface area contributed by atoms with Crippen molar-refractivity contribution in [1.82, 2.24) is 10.3 Å². The number of rotatable bonds is 6. The number of benzene rings is 1. The van der Waals surface area contributed by atoms with Gasteiger partial charge in [0.25, 0.3) is 5.91 Å². The molecule has 8 nitrogen and oxygen atoms in total. The molecule has 2 amide bonds. The van der Waals surface area contributed by atoms with Crippen LogP contribution in [0.15, 0.2) is 35.4 Å². The van der Waals surface area contributed by atoms with E-state index in [1.807, 2.05) is 30.3 Å². The van der Waals surface area contributed by atoms with Gasteiger partial charge in [-0.3, -0.25) is 14.4 Å². The van der Waals surface area contributed by atoms with E-state index in [2.05, 4.69) is 10.4 Å².